The molecule has 8 nitrogen and oxygen atoms in total. The van der Waals surface area contributed by atoms with E-state index >= 15 is 0 Å². The van der Waals surface area contributed by atoms with Gasteiger partial charge >= 0.3 is 12.0 Å². The number of esters is 1. The number of ether oxygens (including phenoxy) is 2. The molecule has 1 heterocycles. The lowest BCUT2D eigenvalue weighted by molar-refractivity contribution is -0.140. The van der Waals surface area contributed by atoms with Crippen LogP contribution in [0.15, 0.2) is 59.8 Å². The Balaban J connectivity index is 1.71. The number of carbonyl (C=O) groups excluding carboxylic acids is 2. The molecule has 186 valence electrons. The quantitative estimate of drug-likeness (QED) is 0.347. The number of nitrogens with zero attached hydrogens (tertiary/aromatic N) is 1. The standard InChI is InChI=1S/C26H32N4O4S/c1-6-33-21-13-11-20(12-14-21)28-25(32)27-19-9-7-18(8-10-19)23-22(24(31)34-15-16(2)3)17(4)30(5)26(35)29-23/h7-14,16,23H,6,15H2,1-5H3,(H,29,35)(H2,27,28,32). The van der Waals surface area contributed by atoms with E-state index in [4.69, 9.17) is 21.7 Å². The average Bonchev–Trinajstić information content (AvgIpc) is 2.82. The van der Waals surface area contributed by atoms with Crippen molar-refractivity contribution in [2.45, 2.75) is 33.7 Å². The molecule has 0 aliphatic carbocycles. The molecule has 1 aliphatic rings. The average molecular weight is 497 g/mol. The van der Waals surface area contributed by atoms with E-state index < -0.39 is 6.04 Å². The Hall–Kier alpha value is -3.59. The second-order valence-electron chi connectivity index (χ2n) is 8.59. The fourth-order valence-corrected chi connectivity index (χ4v) is 3.78. The van der Waals surface area contributed by atoms with Crippen LogP contribution in [0.1, 0.15) is 39.3 Å². The van der Waals surface area contributed by atoms with E-state index in [1.54, 1.807) is 41.3 Å². The molecule has 9 heteroatoms. The van der Waals surface area contributed by atoms with Crippen LogP contribution in [-0.2, 0) is 9.53 Å². The van der Waals surface area contributed by atoms with Crippen LogP contribution in [0.5, 0.6) is 5.75 Å². The first-order valence-electron chi connectivity index (χ1n) is 11.5. The van der Waals surface area contributed by atoms with Crippen LogP contribution in [0, 0.1) is 5.92 Å². The summed E-state index contributed by atoms with van der Waals surface area (Å²) < 4.78 is 10.9. The molecule has 0 radical (unpaired) electrons. The summed E-state index contributed by atoms with van der Waals surface area (Å²) in [5, 5.41) is 9.35. The van der Waals surface area contributed by atoms with Gasteiger partial charge in [-0.15, -0.1) is 0 Å². The largest absolute Gasteiger partial charge is 0.494 e. The highest BCUT2D eigenvalue weighted by Crippen LogP contribution is 2.31. The van der Waals surface area contributed by atoms with Gasteiger partial charge in [0, 0.05) is 24.1 Å². The number of hydrogen-bond donors (Lipinski definition) is 3. The van der Waals surface area contributed by atoms with Crippen molar-refractivity contribution in [2.24, 2.45) is 5.92 Å². The summed E-state index contributed by atoms with van der Waals surface area (Å²) in [6.45, 7) is 8.67. The number of urea groups is 1. The summed E-state index contributed by atoms with van der Waals surface area (Å²) in [5.41, 5.74) is 3.34. The molecule has 35 heavy (non-hydrogen) atoms. The Kier molecular flexibility index (Phi) is 8.70. The minimum Gasteiger partial charge on any atom is -0.494 e. The Morgan fingerprint density at radius 3 is 2.17 bits per heavy atom. The molecule has 1 atom stereocenters. The van der Waals surface area contributed by atoms with Crippen molar-refractivity contribution < 1.29 is 19.1 Å². The molecular formula is C26H32N4O4S. The highest BCUT2D eigenvalue weighted by atomic mass is 32.1. The van der Waals surface area contributed by atoms with Crippen LogP contribution < -0.4 is 20.7 Å². The SMILES string of the molecule is CCOc1ccc(NC(=O)Nc2ccc(C3NC(=S)N(C)C(C)=C3C(=O)OCC(C)C)cc2)cc1. The van der Waals surface area contributed by atoms with Gasteiger partial charge in [-0.1, -0.05) is 26.0 Å². The topological polar surface area (TPSA) is 91.9 Å². The summed E-state index contributed by atoms with van der Waals surface area (Å²) in [5.74, 6) is 0.598. The number of thiocarbonyl (C=S) groups is 1. The molecule has 0 fully saturated rings. The Morgan fingerprint density at radius 2 is 1.63 bits per heavy atom. The predicted octanol–water partition coefficient (Wildman–Crippen LogP) is 5.06. The highest BCUT2D eigenvalue weighted by molar-refractivity contribution is 7.80. The summed E-state index contributed by atoms with van der Waals surface area (Å²) in [6.07, 6.45) is 0. The molecule has 0 saturated carbocycles. The van der Waals surface area contributed by atoms with Crippen LogP contribution in [0.25, 0.3) is 0 Å². The number of allylic oxidation sites excluding steroid dienone is 1. The van der Waals surface area contributed by atoms with Crippen LogP contribution >= 0.6 is 12.2 Å². The molecular weight excluding hydrogens is 464 g/mol. The lowest BCUT2D eigenvalue weighted by Crippen LogP contribution is -2.46. The Labute approximate surface area is 211 Å². The Bertz CT molecular complexity index is 1100. The molecule has 0 spiro atoms. The zero-order valence-corrected chi connectivity index (χ0v) is 21.5. The molecule has 2 aromatic carbocycles. The third-order valence-electron chi connectivity index (χ3n) is 5.45. The van der Waals surface area contributed by atoms with Gasteiger partial charge < -0.3 is 30.3 Å². The maximum absolute atomic E-state index is 12.9. The van der Waals surface area contributed by atoms with Crippen molar-refractivity contribution >= 4 is 40.7 Å². The number of hydrogen-bond acceptors (Lipinski definition) is 5. The number of carbonyl (C=O) groups is 2. The molecule has 1 aliphatic heterocycles. The van der Waals surface area contributed by atoms with Gasteiger partial charge in [-0.25, -0.2) is 9.59 Å². The van der Waals surface area contributed by atoms with E-state index in [2.05, 4.69) is 16.0 Å². The maximum atomic E-state index is 12.9. The summed E-state index contributed by atoms with van der Waals surface area (Å²) >= 11 is 5.45. The first kappa shape index (κ1) is 26.0. The van der Waals surface area contributed by atoms with Gasteiger partial charge in [-0.05, 0) is 73.9 Å². The normalized spacial score (nSPS) is 15.5. The monoisotopic (exact) mass is 496 g/mol. The van der Waals surface area contributed by atoms with Crippen molar-refractivity contribution in [1.82, 2.24) is 10.2 Å². The molecule has 0 saturated heterocycles. The molecule has 0 bridgehead atoms. The van der Waals surface area contributed by atoms with Crippen molar-refractivity contribution in [3.8, 4) is 5.75 Å². The number of nitrogens with one attached hydrogen (secondary N) is 3. The van der Waals surface area contributed by atoms with E-state index in [0.29, 0.717) is 35.3 Å². The molecule has 2 aromatic rings. The van der Waals surface area contributed by atoms with Crippen molar-refractivity contribution in [3.63, 3.8) is 0 Å². The van der Waals surface area contributed by atoms with E-state index in [-0.39, 0.29) is 17.9 Å². The van der Waals surface area contributed by atoms with E-state index in [9.17, 15) is 9.59 Å². The number of benzene rings is 2. The number of amides is 2. The summed E-state index contributed by atoms with van der Waals surface area (Å²) in [7, 11) is 1.81. The van der Waals surface area contributed by atoms with E-state index in [1.165, 1.54) is 0 Å². The van der Waals surface area contributed by atoms with E-state index in [0.717, 1.165) is 17.0 Å². The molecule has 1 unspecified atom stereocenters. The second-order valence-corrected chi connectivity index (χ2v) is 8.98. The van der Waals surface area contributed by atoms with Crippen LogP contribution in [-0.4, -0.2) is 42.3 Å². The minimum atomic E-state index is -0.454. The van der Waals surface area contributed by atoms with Crippen LogP contribution in [0.3, 0.4) is 0 Å². The fourth-order valence-electron chi connectivity index (χ4n) is 3.52. The van der Waals surface area contributed by atoms with Gasteiger partial charge in [0.25, 0.3) is 0 Å². The van der Waals surface area contributed by atoms with Crippen molar-refractivity contribution in [3.05, 3.63) is 65.4 Å². The molecule has 2 amide bonds. The van der Waals surface area contributed by atoms with Crippen LogP contribution in [0.2, 0.25) is 0 Å². The smallest absolute Gasteiger partial charge is 0.338 e. The van der Waals surface area contributed by atoms with Gasteiger partial charge in [-0.3, -0.25) is 0 Å². The predicted molar refractivity (Wildman–Crippen MR) is 141 cm³/mol. The molecule has 3 rings (SSSR count). The lowest BCUT2D eigenvalue weighted by atomic mass is 9.95. The van der Waals surface area contributed by atoms with Gasteiger partial charge in [0.1, 0.15) is 5.75 Å². The number of rotatable bonds is 8. The van der Waals surface area contributed by atoms with Crippen molar-refractivity contribution in [2.75, 3.05) is 30.9 Å². The first-order chi connectivity index (χ1) is 16.7. The summed E-state index contributed by atoms with van der Waals surface area (Å²) in [4.78, 5) is 27.1. The van der Waals surface area contributed by atoms with Crippen LogP contribution in [0.4, 0.5) is 16.2 Å². The zero-order chi connectivity index (χ0) is 25.5. The van der Waals surface area contributed by atoms with Crippen molar-refractivity contribution in [1.29, 1.82) is 0 Å². The summed E-state index contributed by atoms with van der Waals surface area (Å²) in [6, 6.07) is 13.6. The van der Waals surface area contributed by atoms with E-state index in [1.807, 2.05) is 46.9 Å². The van der Waals surface area contributed by atoms with Gasteiger partial charge in [-0.2, -0.15) is 0 Å². The second kappa shape index (κ2) is 11.7. The molecule has 3 N–H and O–H groups in total. The fraction of sp³-hybridized carbons (Fsp3) is 0.346. The first-order valence-corrected chi connectivity index (χ1v) is 11.9. The number of anilines is 2. The van der Waals surface area contributed by atoms with Gasteiger partial charge in [0.15, 0.2) is 5.11 Å². The van der Waals surface area contributed by atoms with Gasteiger partial charge in [0.05, 0.1) is 24.8 Å². The highest BCUT2D eigenvalue weighted by Gasteiger charge is 2.33. The lowest BCUT2D eigenvalue weighted by Gasteiger charge is -2.35. The minimum absolute atomic E-state index is 0.229. The molecule has 0 aromatic heterocycles. The third-order valence-corrected chi connectivity index (χ3v) is 5.84. The maximum Gasteiger partial charge on any atom is 0.338 e. The Morgan fingerprint density at radius 1 is 1.06 bits per heavy atom. The van der Waals surface area contributed by atoms with Gasteiger partial charge in [0.2, 0.25) is 0 Å². The third kappa shape index (κ3) is 6.73. The zero-order valence-electron chi connectivity index (χ0n) is 20.7.